The van der Waals surface area contributed by atoms with Gasteiger partial charge in [-0.1, -0.05) is 42.0 Å². The minimum absolute atomic E-state index is 0.312. The van der Waals surface area contributed by atoms with Crippen molar-refractivity contribution in [3.8, 4) is 0 Å². The second-order valence-electron chi connectivity index (χ2n) is 7.90. The van der Waals surface area contributed by atoms with E-state index in [0.717, 1.165) is 5.46 Å². The summed E-state index contributed by atoms with van der Waals surface area (Å²) in [5.74, 6) is 0. The predicted molar refractivity (Wildman–Crippen MR) is 102 cm³/mol. The molecule has 1 aliphatic heterocycles. The minimum Gasteiger partial charge on any atom is -0.399 e. The quantitative estimate of drug-likeness (QED) is 0.482. The lowest BCUT2D eigenvalue weighted by atomic mass is 9.78. The molecule has 1 fully saturated rings. The molecule has 24 heavy (non-hydrogen) atoms. The number of hydrogen-bond acceptors (Lipinski definition) is 2. The van der Waals surface area contributed by atoms with E-state index in [1.165, 1.54) is 27.1 Å². The molecule has 4 rings (SSSR count). The molecule has 0 N–H and O–H groups in total. The van der Waals surface area contributed by atoms with Crippen LogP contribution in [0.4, 0.5) is 0 Å². The number of benzene rings is 3. The Kier molecular flexibility index (Phi) is 3.32. The molecule has 122 valence electrons. The molecule has 3 heteroatoms. The molecule has 0 unspecified atom stereocenters. The van der Waals surface area contributed by atoms with E-state index in [-0.39, 0.29) is 18.3 Å². The highest BCUT2D eigenvalue weighted by Crippen LogP contribution is 2.36. The van der Waals surface area contributed by atoms with Crippen molar-refractivity contribution >= 4 is 34.1 Å². The second-order valence-corrected chi connectivity index (χ2v) is 7.90. The van der Waals surface area contributed by atoms with E-state index in [2.05, 4.69) is 83.1 Å². The Balaban J connectivity index is 1.79. The van der Waals surface area contributed by atoms with Crippen molar-refractivity contribution < 1.29 is 9.31 Å². The van der Waals surface area contributed by atoms with Crippen LogP contribution >= 0.6 is 0 Å². The van der Waals surface area contributed by atoms with Crippen LogP contribution in [0.25, 0.3) is 21.5 Å². The van der Waals surface area contributed by atoms with E-state index in [1.807, 2.05) is 0 Å². The lowest BCUT2D eigenvalue weighted by Gasteiger charge is -2.32. The lowest BCUT2D eigenvalue weighted by Crippen LogP contribution is -2.41. The summed E-state index contributed by atoms with van der Waals surface area (Å²) in [6.45, 7) is 10.5. The zero-order valence-electron chi connectivity index (χ0n) is 15.0. The van der Waals surface area contributed by atoms with Crippen LogP contribution in [0.1, 0.15) is 33.3 Å². The van der Waals surface area contributed by atoms with Gasteiger partial charge in [-0.25, -0.2) is 0 Å². The fourth-order valence-electron chi connectivity index (χ4n) is 3.26. The van der Waals surface area contributed by atoms with Gasteiger partial charge in [-0.2, -0.15) is 0 Å². The molecule has 0 aromatic heterocycles. The average molecular weight is 318 g/mol. The monoisotopic (exact) mass is 318 g/mol. The van der Waals surface area contributed by atoms with Crippen molar-refractivity contribution in [3.05, 3.63) is 54.1 Å². The average Bonchev–Trinajstić information content (AvgIpc) is 2.73. The Morgan fingerprint density at radius 3 is 1.83 bits per heavy atom. The molecule has 0 atom stereocenters. The SMILES string of the molecule is Cc1ccc2cc3cc(B4OC(C)(C)C(C)(C)O4)ccc3cc2c1. The van der Waals surface area contributed by atoms with Gasteiger partial charge in [0.25, 0.3) is 0 Å². The minimum atomic E-state index is -0.312. The van der Waals surface area contributed by atoms with E-state index < -0.39 is 0 Å². The summed E-state index contributed by atoms with van der Waals surface area (Å²) in [4.78, 5) is 0. The largest absolute Gasteiger partial charge is 0.494 e. The zero-order valence-corrected chi connectivity index (χ0v) is 15.0. The summed E-state index contributed by atoms with van der Waals surface area (Å²) in [5.41, 5.74) is 1.74. The molecule has 0 amide bonds. The molecular weight excluding hydrogens is 295 g/mol. The molecule has 0 bridgehead atoms. The van der Waals surface area contributed by atoms with Crippen LogP contribution in [0.5, 0.6) is 0 Å². The van der Waals surface area contributed by atoms with Crippen LogP contribution in [-0.2, 0) is 9.31 Å². The third kappa shape index (κ3) is 2.43. The molecule has 1 aliphatic rings. The van der Waals surface area contributed by atoms with Gasteiger partial charge in [0, 0.05) is 0 Å². The second kappa shape index (κ2) is 5.08. The highest BCUT2D eigenvalue weighted by Gasteiger charge is 2.51. The number of rotatable bonds is 1. The Hall–Kier alpha value is -1.84. The van der Waals surface area contributed by atoms with Crippen molar-refractivity contribution in [2.75, 3.05) is 0 Å². The normalized spacial score (nSPS) is 19.3. The fraction of sp³-hybridized carbons (Fsp3) is 0.333. The van der Waals surface area contributed by atoms with Crippen LogP contribution in [0.2, 0.25) is 0 Å². The molecule has 0 spiro atoms. The molecule has 1 saturated heterocycles. The Bertz CT molecular complexity index is 927. The van der Waals surface area contributed by atoms with Gasteiger partial charge < -0.3 is 9.31 Å². The van der Waals surface area contributed by atoms with Gasteiger partial charge in [0.2, 0.25) is 0 Å². The molecular formula is C21H23BO2. The first-order chi connectivity index (χ1) is 11.2. The van der Waals surface area contributed by atoms with Gasteiger partial charge in [0.15, 0.2) is 0 Å². The van der Waals surface area contributed by atoms with E-state index in [0.29, 0.717) is 0 Å². The van der Waals surface area contributed by atoms with Gasteiger partial charge in [0.05, 0.1) is 11.2 Å². The maximum atomic E-state index is 6.18. The number of fused-ring (bicyclic) bond motifs is 2. The molecule has 3 aromatic rings. The standard InChI is InChI=1S/C21H23BO2/c1-14-6-7-15-12-18-13-19(9-8-16(18)11-17(15)10-14)22-23-20(2,3)21(4,5)24-22/h6-13H,1-5H3. The predicted octanol–water partition coefficient (Wildman–Crippen LogP) is 4.60. The third-order valence-electron chi connectivity index (χ3n) is 5.50. The van der Waals surface area contributed by atoms with Gasteiger partial charge in [0.1, 0.15) is 0 Å². The Morgan fingerprint density at radius 1 is 0.667 bits per heavy atom. The first-order valence-corrected chi connectivity index (χ1v) is 8.55. The molecule has 1 heterocycles. The highest BCUT2D eigenvalue weighted by molar-refractivity contribution is 6.62. The number of aryl methyl sites for hydroxylation is 1. The highest BCUT2D eigenvalue weighted by atomic mass is 16.7. The maximum Gasteiger partial charge on any atom is 0.494 e. The van der Waals surface area contributed by atoms with Crippen LogP contribution in [-0.4, -0.2) is 18.3 Å². The third-order valence-corrected chi connectivity index (χ3v) is 5.50. The van der Waals surface area contributed by atoms with Crippen LogP contribution in [0.3, 0.4) is 0 Å². The smallest absolute Gasteiger partial charge is 0.399 e. The van der Waals surface area contributed by atoms with Gasteiger partial charge in [-0.3, -0.25) is 0 Å². The van der Waals surface area contributed by atoms with E-state index in [9.17, 15) is 0 Å². The van der Waals surface area contributed by atoms with Crippen molar-refractivity contribution in [2.24, 2.45) is 0 Å². The molecule has 0 aliphatic carbocycles. The Morgan fingerprint density at radius 2 is 1.21 bits per heavy atom. The first-order valence-electron chi connectivity index (χ1n) is 8.55. The summed E-state index contributed by atoms with van der Waals surface area (Å²) in [6, 6.07) is 17.6. The van der Waals surface area contributed by atoms with Crippen molar-refractivity contribution in [2.45, 2.75) is 45.8 Å². The van der Waals surface area contributed by atoms with E-state index in [4.69, 9.17) is 9.31 Å². The lowest BCUT2D eigenvalue weighted by molar-refractivity contribution is 0.00578. The summed E-state index contributed by atoms with van der Waals surface area (Å²) in [7, 11) is -0.312. The molecule has 2 nitrogen and oxygen atoms in total. The molecule has 0 radical (unpaired) electrons. The first kappa shape index (κ1) is 15.7. The topological polar surface area (TPSA) is 18.5 Å². The number of hydrogen-bond donors (Lipinski definition) is 0. The maximum absolute atomic E-state index is 6.18. The van der Waals surface area contributed by atoms with Crippen molar-refractivity contribution in [3.63, 3.8) is 0 Å². The fourth-order valence-corrected chi connectivity index (χ4v) is 3.26. The Labute approximate surface area is 143 Å². The van der Waals surface area contributed by atoms with E-state index >= 15 is 0 Å². The summed E-state index contributed by atoms with van der Waals surface area (Å²) < 4.78 is 12.4. The van der Waals surface area contributed by atoms with Crippen LogP contribution < -0.4 is 5.46 Å². The summed E-state index contributed by atoms with van der Waals surface area (Å²) in [6.07, 6.45) is 0. The van der Waals surface area contributed by atoms with Crippen molar-refractivity contribution in [1.29, 1.82) is 0 Å². The molecule has 3 aromatic carbocycles. The van der Waals surface area contributed by atoms with Gasteiger partial charge in [-0.15, -0.1) is 0 Å². The van der Waals surface area contributed by atoms with Crippen LogP contribution in [0.15, 0.2) is 48.5 Å². The van der Waals surface area contributed by atoms with Gasteiger partial charge >= 0.3 is 7.12 Å². The van der Waals surface area contributed by atoms with E-state index in [1.54, 1.807) is 0 Å². The summed E-state index contributed by atoms with van der Waals surface area (Å²) >= 11 is 0. The zero-order chi connectivity index (χ0) is 17.1. The van der Waals surface area contributed by atoms with Gasteiger partial charge in [-0.05, 0) is 73.8 Å². The summed E-state index contributed by atoms with van der Waals surface area (Å²) in [5, 5.41) is 5.01. The molecule has 0 saturated carbocycles. The van der Waals surface area contributed by atoms with Crippen molar-refractivity contribution in [1.82, 2.24) is 0 Å². The van der Waals surface area contributed by atoms with Crippen LogP contribution in [0, 0.1) is 6.92 Å².